The molecule has 1 heterocycles. The Morgan fingerprint density at radius 2 is 1.83 bits per heavy atom. The number of carbonyl (C=O) groups is 1. The van der Waals surface area contributed by atoms with Crippen LogP contribution in [0.15, 0.2) is 97.3 Å². The number of hydrogen-bond donors (Lipinski definition) is 1. The van der Waals surface area contributed by atoms with Crippen LogP contribution in [-0.4, -0.2) is 15.7 Å². The minimum Gasteiger partial charge on any atom is -0.487 e. The van der Waals surface area contributed by atoms with E-state index < -0.39 is 0 Å². The van der Waals surface area contributed by atoms with Crippen molar-refractivity contribution in [2.24, 2.45) is 0 Å². The van der Waals surface area contributed by atoms with Crippen LogP contribution in [-0.2, 0) is 13.2 Å². The first-order chi connectivity index (χ1) is 17.0. The summed E-state index contributed by atoms with van der Waals surface area (Å²) in [5.41, 5.74) is 4.30. The first-order valence-corrected chi connectivity index (χ1v) is 11.7. The number of rotatable bonds is 7. The molecule has 1 amide bonds. The van der Waals surface area contributed by atoms with E-state index in [9.17, 15) is 4.79 Å². The molecule has 5 aromatic rings. The molecule has 4 aromatic carbocycles. The fourth-order valence-electron chi connectivity index (χ4n) is 4.01. The zero-order chi connectivity index (χ0) is 24.2. The number of nitrogens with one attached hydrogen (secondary N) is 1. The van der Waals surface area contributed by atoms with E-state index in [1.54, 1.807) is 12.3 Å². The van der Waals surface area contributed by atoms with Crippen molar-refractivity contribution in [1.82, 2.24) is 9.78 Å². The number of aryl methyl sites for hydroxylation is 1. The zero-order valence-corrected chi connectivity index (χ0v) is 20.0. The number of nitrogens with zero attached hydrogens (tertiary/aromatic N) is 2. The minimum atomic E-state index is -0.204. The van der Waals surface area contributed by atoms with Crippen LogP contribution in [0.4, 0.5) is 5.69 Å². The van der Waals surface area contributed by atoms with Crippen molar-refractivity contribution in [2.45, 2.75) is 20.1 Å². The topological polar surface area (TPSA) is 56.1 Å². The highest BCUT2D eigenvalue weighted by atomic mass is 35.5. The number of aromatic nitrogens is 2. The van der Waals surface area contributed by atoms with Gasteiger partial charge in [-0.1, -0.05) is 72.3 Å². The summed E-state index contributed by atoms with van der Waals surface area (Å²) in [7, 11) is 0. The third-order valence-corrected chi connectivity index (χ3v) is 6.09. The maximum Gasteiger partial charge on any atom is 0.255 e. The Bertz CT molecular complexity index is 1500. The monoisotopic (exact) mass is 481 g/mol. The molecule has 5 nitrogen and oxygen atoms in total. The number of fused-ring (bicyclic) bond motifs is 1. The summed E-state index contributed by atoms with van der Waals surface area (Å²) in [6, 6.07) is 27.5. The molecule has 0 bridgehead atoms. The second-order valence-electron chi connectivity index (χ2n) is 8.44. The van der Waals surface area contributed by atoms with Gasteiger partial charge in [0.1, 0.15) is 12.4 Å². The lowest BCUT2D eigenvalue weighted by Gasteiger charge is -2.10. The normalized spacial score (nSPS) is 10.9. The molecular formula is C29H24ClN3O2. The maximum absolute atomic E-state index is 12.9. The van der Waals surface area contributed by atoms with Crippen LogP contribution in [0.1, 0.15) is 27.0 Å². The largest absolute Gasteiger partial charge is 0.487 e. The average Bonchev–Trinajstić information content (AvgIpc) is 3.31. The van der Waals surface area contributed by atoms with Gasteiger partial charge in [0.15, 0.2) is 0 Å². The summed E-state index contributed by atoms with van der Waals surface area (Å²) < 4.78 is 7.70. The lowest BCUT2D eigenvalue weighted by molar-refractivity contribution is 0.102. The highest BCUT2D eigenvalue weighted by molar-refractivity contribution is 6.32. The number of amides is 1. The van der Waals surface area contributed by atoms with Gasteiger partial charge in [-0.3, -0.25) is 9.48 Å². The van der Waals surface area contributed by atoms with Gasteiger partial charge in [0.2, 0.25) is 0 Å². The fraction of sp³-hybridized carbons (Fsp3) is 0.103. The van der Waals surface area contributed by atoms with Gasteiger partial charge in [0, 0.05) is 11.8 Å². The van der Waals surface area contributed by atoms with Gasteiger partial charge in [-0.25, -0.2) is 0 Å². The summed E-state index contributed by atoms with van der Waals surface area (Å²) in [5, 5.41) is 10.3. The zero-order valence-electron chi connectivity index (χ0n) is 19.2. The molecule has 174 valence electrons. The van der Waals surface area contributed by atoms with Crippen molar-refractivity contribution in [3.05, 3.63) is 125 Å². The molecule has 0 radical (unpaired) electrons. The standard InChI is InChI=1S/C29H24ClN3O2/c1-20-12-13-27(30)28(14-20)35-19-21-6-4-9-23(15-21)29(34)32-25-16-31-33(18-25)17-24-10-5-8-22-7-2-3-11-26(22)24/h2-16,18H,17,19H2,1H3,(H,32,34). The maximum atomic E-state index is 12.9. The van der Waals surface area contributed by atoms with E-state index in [0.717, 1.165) is 11.1 Å². The number of carbonyl (C=O) groups excluding carboxylic acids is 1. The van der Waals surface area contributed by atoms with Crippen LogP contribution >= 0.6 is 11.6 Å². The van der Waals surface area contributed by atoms with Crippen LogP contribution in [0, 0.1) is 6.92 Å². The molecule has 0 atom stereocenters. The molecule has 0 aliphatic heterocycles. The third-order valence-electron chi connectivity index (χ3n) is 5.77. The number of benzene rings is 4. The number of hydrogen-bond acceptors (Lipinski definition) is 3. The minimum absolute atomic E-state index is 0.204. The van der Waals surface area contributed by atoms with E-state index in [1.165, 1.54) is 16.3 Å². The summed E-state index contributed by atoms with van der Waals surface area (Å²) in [6.45, 7) is 2.91. The van der Waals surface area contributed by atoms with Crippen molar-refractivity contribution in [3.63, 3.8) is 0 Å². The van der Waals surface area contributed by atoms with E-state index in [-0.39, 0.29) is 5.91 Å². The first kappa shape index (κ1) is 22.7. The third kappa shape index (κ3) is 5.36. The van der Waals surface area contributed by atoms with Gasteiger partial charge < -0.3 is 10.1 Å². The quantitative estimate of drug-likeness (QED) is 0.275. The summed E-state index contributed by atoms with van der Waals surface area (Å²) >= 11 is 6.22. The summed E-state index contributed by atoms with van der Waals surface area (Å²) in [5.74, 6) is 0.422. The second-order valence-corrected chi connectivity index (χ2v) is 8.85. The highest BCUT2D eigenvalue weighted by Crippen LogP contribution is 2.26. The van der Waals surface area contributed by atoms with Crippen molar-refractivity contribution < 1.29 is 9.53 Å². The van der Waals surface area contributed by atoms with Crippen LogP contribution in [0.5, 0.6) is 5.75 Å². The molecular weight excluding hydrogens is 458 g/mol. The first-order valence-electron chi connectivity index (χ1n) is 11.3. The Morgan fingerprint density at radius 1 is 1.00 bits per heavy atom. The smallest absolute Gasteiger partial charge is 0.255 e. The molecule has 5 rings (SSSR count). The Kier molecular flexibility index (Phi) is 6.51. The van der Waals surface area contributed by atoms with Gasteiger partial charge in [0.25, 0.3) is 5.91 Å². The highest BCUT2D eigenvalue weighted by Gasteiger charge is 2.10. The van der Waals surface area contributed by atoms with E-state index in [0.29, 0.717) is 35.2 Å². The molecule has 0 spiro atoms. The number of anilines is 1. The molecule has 0 fully saturated rings. The Labute approximate surface area is 208 Å². The van der Waals surface area contributed by atoms with E-state index in [2.05, 4.69) is 34.7 Å². The van der Waals surface area contributed by atoms with Gasteiger partial charge in [-0.2, -0.15) is 5.10 Å². The molecule has 0 aliphatic rings. The van der Waals surface area contributed by atoms with Crippen LogP contribution in [0.2, 0.25) is 5.02 Å². The van der Waals surface area contributed by atoms with Crippen molar-refractivity contribution in [1.29, 1.82) is 0 Å². The van der Waals surface area contributed by atoms with Crippen molar-refractivity contribution >= 4 is 34.0 Å². The van der Waals surface area contributed by atoms with Gasteiger partial charge in [0.05, 0.1) is 23.5 Å². The van der Waals surface area contributed by atoms with Gasteiger partial charge >= 0.3 is 0 Å². The van der Waals surface area contributed by atoms with Crippen LogP contribution in [0.25, 0.3) is 10.8 Å². The number of ether oxygens (including phenoxy) is 1. The molecule has 0 unspecified atom stereocenters. The van der Waals surface area contributed by atoms with E-state index in [1.807, 2.05) is 72.4 Å². The second kappa shape index (κ2) is 10.0. The summed E-state index contributed by atoms with van der Waals surface area (Å²) in [4.78, 5) is 12.9. The Morgan fingerprint density at radius 3 is 2.74 bits per heavy atom. The predicted octanol–water partition coefficient (Wildman–Crippen LogP) is 6.88. The lowest BCUT2D eigenvalue weighted by atomic mass is 10.0. The molecule has 1 N–H and O–H groups in total. The van der Waals surface area contributed by atoms with Crippen molar-refractivity contribution in [3.8, 4) is 5.75 Å². The van der Waals surface area contributed by atoms with Gasteiger partial charge in [-0.05, 0) is 58.7 Å². The van der Waals surface area contributed by atoms with E-state index in [4.69, 9.17) is 16.3 Å². The summed E-state index contributed by atoms with van der Waals surface area (Å²) in [6.07, 6.45) is 3.50. The SMILES string of the molecule is Cc1ccc(Cl)c(OCc2cccc(C(=O)Nc3cnn(Cc4cccc5ccccc45)c3)c2)c1. The fourth-order valence-corrected chi connectivity index (χ4v) is 4.18. The average molecular weight is 482 g/mol. The Hall–Kier alpha value is -4.09. The predicted molar refractivity (Wildman–Crippen MR) is 140 cm³/mol. The molecule has 35 heavy (non-hydrogen) atoms. The van der Waals surface area contributed by atoms with Crippen molar-refractivity contribution in [2.75, 3.05) is 5.32 Å². The number of halogens is 1. The molecule has 0 aliphatic carbocycles. The molecule has 6 heteroatoms. The van der Waals surface area contributed by atoms with Gasteiger partial charge in [-0.15, -0.1) is 0 Å². The molecule has 1 aromatic heterocycles. The molecule has 0 saturated heterocycles. The lowest BCUT2D eigenvalue weighted by Crippen LogP contribution is -2.12. The van der Waals surface area contributed by atoms with E-state index >= 15 is 0 Å². The Balaban J connectivity index is 1.24. The molecule has 0 saturated carbocycles. The van der Waals surface area contributed by atoms with Crippen LogP contribution in [0.3, 0.4) is 0 Å². The van der Waals surface area contributed by atoms with Crippen LogP contribution < -0.4 is 10.1 Å².